The molecule has 0 saturated carbocycles. The van der Waals surface area contributed by atoms with Gasteiger partial charge in [0.2, 0.25) is 5.95 Å². The second-order valence-electron chi connectivity index (χ2n) is 2.02. The maximum Gasteiger partial charge on any atom is 0.255 e. The van der Waals surface area contributed by atoms with E-state index in [-0.39, 0.29) is 5.95 Å². The highest BCUT2D eigenvalue weighted by Crippen LogP contribution is 2.18. The number of nitrogens with two attached hydrogens (primary N) is 1. The van der Waals surface area contributed by atoms with Crippen molar-refractivity contribution in [2.24, 2.45) is 0 Å². The van der Waals surface area contributed by atoms with Crippen molar-refractivity contribution in [2.75, 3.05) is 12.3 Å². The Hall–Kier alpha value is -1.39. The van der Waals surface area contributed by atoms with E-state index in [0.29, 0.717) is 12.5 Å². The monoisotopic (exact) mass is 138 g/mol. The summed E-state index contributed by atoms with van der Waals surface area (Å²) in [7, 11) is 0. The van der Waals surface area contributed by atoms with Gasteiger partial charge >= 0.3 is 0 Å². The lowest BCUT2D eigenvalue weighted by Gasteiger charge is -1.93. The molecular formula is C5H6N4O. The fourth-order valence-electron chi connectivity index (χ4n) is 0.882. The maximum atomic E-state index is 5.29. The number of hydrogen-bond acceptors (Lipinski definition) is 5. The predicted molar refractivity (Wildman–Crippen MR) is 33.4 cm³/mol. The molecule has 52 valence electrons. The van der Waals surface area contributed by atoms with Gasteiger partial charge in [-0.3, -0.25) is 0 Å². The number of aromatic nitrogens is 3. The Balaban J connectivity index is 2.52. The molecule has 1 aliphatic heterocycles. The van der Waals surface area contributed by atoms with Crippen molar-refractivity contribution < 1.29 is 4.74 Å². The third-order valence-corrected chi connectivity index (χ3v) is 1.32. The second kappa shape index (κ2) is 1.80. The molecule has 0 unspecified atom stereocenters. The Morgan fingerprint density at radius 3 is 3.20 bits per heavy atom. The molecule has 2 heterocycles. The summed E-state index contributed by atoms with van der Waals surface area (Å²) in [6.07, 6.45) is 0.787. The molecule has 0 spiro atoms. The van der Waals surface area contributed by atoms with Gasteiger partial charge < -0.3 is 10.5 Å². The first kappa shape index (κ1) is 5.40. The van der Waals surface area contributed by atoms with Crippen LogP contribution in [0.5, 0.6) is 5.88 Å². The Morgan fingerprint density at radius 1 is 1.40 bits per heavy atom. The highest BCUT2D eigenvalue weighted by molar-refractivity contribution is 5.26. The van der Waals surface area contributed by atoms with Gasteiger partial charge in [0.05, 0.1) is 6.61 Å². The third kappa shape index (κ3) is 0.671. The predicted octanol–water partition coefficient (Wildman–Crippen LogP) is -0.611. The lowest BCUT2D eigenvalue weighted by molar-refractivity contribution is 0.341. The van der Waals surface area contributed by atoms with Gasteiger partial charge in [0.15, 0.2) is 0 Å². The van der Waals surface area contributed by atoms with E-state index >= 15 is 0 Å². The van der Waals surface area contributed by atoms with E-state index in [1.54, 1.807) is 0 Å². The maximum absolute atomic E-state index is 5.29. The lowest BCUT2D eigenvalue weighted by atomic mass is 10.4. The largest absolute Gasteiger partial charge is 0.475 e. The van der Waals surface area contributed by atoms with Gasteiger partial charge in [-0.05, 0) is 0 Å². The average molecular weight is 138 g/mol. The van der Waals surface area contributed by atoms with Gasteiger partial charge in [0, 0.05) is 6.42 Å². The second-order valence-corrected chi connectivity index (χ2v) is 2.02. The summed E-state index contributed by atoms with van der Waals surface area (Å²) in [4.78, 5) is 3.93. The molecule has 1 aromatic rings. The summed E-state index contributed by atoms with van der Waals surface area (Å²) in [6.45, 7) is 0.639. The van der Waals surface area contributed by atoms with Crippen molar-refractivity contribution in [3.63, 3.8) is 0 Å². The number of hydrogen-bond donors (Lipinski definition) is 1. The fourth-order valence-corrected chi connectivity index (χ4v) is 0.882. The molecule has 10 heavy (non-hydrogen) atoms. The molecule has 2 rings (SSSR count). The normalized spacial score (nSPS) is 14.4. The van der Waals surface area contributed by atoms with Crippen LogP contribution in [0.2, 0.25) is 0 Å². The molecule has 0 fully saturated rings. The average Bonchev–Trinajstić information content (AvgIpc) is 2.33. The first-order valence-corrected chi connectivity index (χ1v) is 2.98. The zero-order chi connectivity index (χ0) is 6.97. The molecule has 0 aliphatic carbocycles. The van der Waals surface area contributed by atoms with E-state index in [1.807, 2.05) is 0 Å². The van der Waals surface area contributed by atoms with Crippen molar-refractivity contribution in [3.05, 3.63) is 5.69 Å². The SMILES string of the molecule is Nc1nnc2c(n1)CCO2. The van der Waals surface area contributed by atoms with Gasteiger partial charge in [-0.25, -0.2) is 4.98 Å². The number of fused-ring (bicyclic) bond motifs is 1. The molecule has 0 bridgehead atoms. The van der Waals surface area contributed by atoms with Crippen LogP contribution in [-0.4, -0.2) is 21.8 Å². The van der Waals surface area contributed by atoms with Crippen LogP contribution in [0.4, 0.5) is 5.95 Å². The quantitative estimate of drug-likeness (QED) is 0.517. The minimum absolute atomic E-state index is 0.212. The Kier molecular flexibility index (Phi) is 0.969. The van der Waals surface area contributed by atoms with Crippen LogP contribution in [0.3, 0.4) is 0 Å². The summed E-state index contributed by atoms with van der Waals surface area (Å²) >= 11 is 0. The van der Waals surface area contributed by atoms with E-state index in [4.69, 9.17) is 10.5 Å². The Bertz CT molecular complexity index is 262. The van der Waals surface area contributed by atoms with Crippen LogP contribution in [0.15, 0.2) is 0 Å². The zero-order valence-electron chi connectivity index (χ0n) is 5.24. The van der Waals surface area contributed by atoms with Gasteiger partial charge in [0.25, 0.3) is 5.88 Å². The Labute approximate surface area is 57.2 Å². The van der Waals surface area contributed by atoms with Crippen LogP contribution in [-0.2, 0) is 6.42 Å². The summed E-state index contributed by atoms with van der Waals surface area (Å²) < 4.78 is 5.06. The lowest BCUT2D eigenvalue weighted by Crippen LogP contribution is -1.99. The fraction of sp³-hybridized carbons (Fsp3) is 0.400. The van der Waals surface area contributed by atoms with Crippen LogP contribution in [0.1, 0.15) is 5.69 Å². The Morgan fingerprint density at radius 2 is 2.30 bits per heavy atom. The van der Waals surface area contributed by atoms with Gasteiger partial charge in [0.1, 0.15) is 5.69 Å². The van der Waals surface area contributed by atoms with Crippen molar-refractivity contribution >= 4 is 5.95 Å². The van der Waals surface area contributed by atoms with Crippen molar-refractivity contribution in [1.29, 1.82) is 0 Å². The minimum atomic E-state index is 0.212. The smallest absolute Gasteiger partial charge is 0.255 e. The number of ether oxygens (including phenoxy) is 1. The molecule has 0 amide bonds. The molecule has 0 aromatic carbocycles. The van der Waals surface area contributed by atoms with Crippen LogP contribution >= 0.6 is 0 Å². The minimum Gasteiger partial charge on any atom is -0.475 e. The van der Waals surface area contributed by atoms with Crippen molar-refractivity contribution in [1.82, 2.24) is 15.2 Å². The molecule has 5 nitrogen and oxygen atoms in total. The third-order valence-electron chi connectivity index (χ3n) is 1.32. The van der Waals surface area contributed by atoms with Crippen LogP contribution in [0.25, 0.3) is 0 Å². The molecular weight excluding hydrogens is 132 g/mol. The molecule has 2 N–H and O–H groups in total. The summed E-state index contributed by atoms with van der Waals surface area (Å²) in [5.74, 6) is 0.735. The van der Waals surface area contributed by atoms with E-state index in [2.05, 4.69) is 15.2 Å². The number of nitrogen functional groups attached to an aromatic ring is 1. The van der Waals surface area contributed by atoms with Crippen molar-refractivity contribution in [2.45, 2.75) is 6.42 Å². The molecule has 1 aromatic heterocycles. The number of anilines is 1. The highest BCUT2D eigenvalue weighted by atomic mass is 16.5. The first-order chi connectivity index (χ1) is 4.86. The molecule has 0 saturated heterocycles. The number of rotatable bonds is 0. The van der Waals surface area contributed by atoms with Gasteiger partial charge in [-0.1, -0.05) is 0 Å². The van der Waals surface area contributed by atoms with Gasteiger partial charge in [-0.2, -0.15) is 0 Å². The molecule has 5 heteroatoms. The zero-order valence-corrected chi connectivity index (χ0v) is 5.24. The van der Waals surface area contributed by atoms with E-state index < -0.39 is 0 Å². The summed E-state index contributed by atoms with van der Waals surface area (Å²) in [6, 6.07) is 0. The highest BCUT2D eigenvalue weighted by Gasteiger charge is 2.15. The van der Waals surface area contributed by atoms with E-state index in [1.165, 1.54) is 0 Å². The van der Waals surface area contributed by atoms with E-state index in [9.17, 15) is 0 Å². The van der Waals surface area contributed by atoms with E-state index in [0.717, 1.165) is 12.1 Å². The molecule has 1 aliphatic rings. The molecule has 0 radical (unpaired) electrons. The summed E-state index contributed by atoms with van der Waals surface area (Å²) in [5.41, 5.74) is 6.10. The topological polar surface area (TPSA) is 73.9 Å². The first-order valence-electron chi connectivity index (χ1n) is 2.98. The molecule has 0 atom stereocenters. The van der Waals surface area contributed by atoms with Crippen LogP contribution in [0, 0.1) is 0 Å². The summed E-state index contributed by atoms with van der Waals surface area (Å²) in [5, 5.41) is 7.24. The standard InChI is InChI=1S/C5H6N4O/c6-5-7-3-1-2-10-4(3)8-9-5/h1-2H2,(H2,6,7,9). The van der Waals surface area contributed by atoms with Crippen LogP contribution < -0.4 is 10.5 Å². The number of nitrogens with zero attached hydrogens (tertiary/aromatic N) is 3. The van der Waals surface area contributed by atoms with Gasteiger partial charge in [-0.15, -0.1) is 10.2 Å². The van der Waals surface area contributed by atoms with Crippen molar-refractivity contribution in [3.8, 4) is 5.88 Å².